The van der Waals surface area contributed by atoms with Gasteiger partial charge >= 0.3 is 0 Å². The number of aliphatic imine (C=N–C) groups is 4. The SMILES string of the molecule is O=C=NC1SC(N=C=O)C(N=C=O)(N=C=O)S1. The molecule has 0 aliphatic carbocycles. The first-order valence-electron chi connectivity index (χ1n) is 3.87. The van der Waals surface area contributed by atoms with Crippen LogP contribution in [0.3, 0.4) is 0 Å². The molecular formula is C7H2N4O4S2. The normalized spacial score (nSPS) is 30.1. The van der Waals surface area contributed by atoms with Gasteiger partial charge in [0.15, 0.2) is 10.1 Å². The van der Waals surface area contributed by atoms with E-state index in [9.17, 15) is 19.2 Å². The van der Waals surface area contributed by atoms with Crippen LogP contribution in [0.2, 0.25) is 0 Å². The summed E-state index contributed by atoms with van der Waals surface area (Å²) in [6.45, 7) is 0. The molecule has 0 saturated carbocycles. The van der Waals surface area contributed by atoms with E-state index in [1.54, 1.807) is 0 Å². The Kier molecular flexibility index (Phi) is 4.75. The third-order valence-electron chi connectivity index (χ3n) is 1.58. The van der Waals surface area contributed by atoms with Gasteiger partial charge in [0.05, 0.1) is 0 Å². The molecule has 17 heavy (non-hydrogen) atoms. The van der Waals surface area contributed by atoms with Crippen LogP contribution in [-0.2, 0) is 19.2 Å². The molecule has 1 saturated heterocycles. The highest BCUT2D eigenvalue weighted by Gasteiger charge is 2.51. The summed E-state index contributed by atoms with van der Waals surface area (Å²) in [7, 11) is 0. The fraction of sp³-hybridized carbons (Fsp3) is 0.429. The van der Waals surface area contributed by atoms with Gasteiger partial charge in [-0.25, -0.2) is 19.2 Å². The lowest BCUT2D eigenvalue weighted by atomic mass is 10.5. The molecule has 0 aromatic carbocycles. The van der Waals surface area contributed by atoms with Gasteiger partial charge < -0.3 is 0 Å². The molecule has 0 aromatic rings. The molecule has 8 nitrogen and oxygen atoms in total. The van der Waals surface area contributed by atoms with E-state index in [1.807, 2.05) is 0 Å². The van der Waals surface area contributed by atoms with Gasteiger partial charge in [-0.1, -0.05) is 23.5 Å². The van der Waals surface area contributed by atoms with E-state index in [-0.39, 0.29) is 0 Å². The van der Waals surface area contributed by atoms with Crippen LogP contribution in [0, 0.1) is 0 Å². The molecule has 0 radical (unpaired) electrons. The van der Waals surface area contributed by atoms with Crippen LogP contribution in [0.25, 0.3) is 0 Å². The first-order chi connectivity index (χ1) is 8.22. The molecule has 1 aliphatic heterocycles. The number of hydrogen-bond donors (Lipinski definition) is 0. The van der Waals surface area contributed by atoms with Crippen LogP contribution in [-0.4, -0.2) is 39.4 Å². The topological polar surface area (TPSA) is 118 Å². The van der Waals surface area contributed by atoms with Crippen molar-refractivity contribution in [1.29, 1.82) is 0 Å². The first kappa shape index (κ1) is 13.3. The first-order valence-corrected chi connectivity index (χ1v) is 5.70. The second-order valence-corrected chi connectivity index (χ2v) is 5.17. The number of carbonyl (C=O) groups excluding carboxylic acids is 4. The average molecular weight is 270 g/mol. The third kappa shape index (κ3) is 2.87. The zero-order chi connectivity index (χ0) is 12.7. The highest BCUT2D eigenvalue weighted by molar-refractivity contribution is 8.21. The monoisotopic (exact) mass is 270 g/mol. The third-order valence-corrected chi connectivity index (χ3v) is 4.44. The maximum absolute atomic E-state index is 10.3. The molecule has 1 heterocycles. The van der Waals surface area contributed by atoms with Gasteiger partial charge in [0, 0.05) is 0 Å². The van der Waals surface area contributed by atoms with Crippen LogP contribution in [0.1, 0.15) is 0 Å². The summed E-state index contributed by atoms with van der Waals surface area (Å²) in [5, 5.41) is -1.00. The molecule has 1 rings (SSSR count). The van der Waals surface area contributed by atoms with Crippen molar-refractivity contribution in [3.05, 3.63) is 0 Å². The van der Waals surface area contributed by atoms with E-state index in [0.717, 1.165) is 23.5 Å². The number of nitrogens with zero attached hydrogens (tertiary/aromatic N) is 4. The molecule has 0 amide bonds. The molecule has 1 aliphatic rings. The van der Waals surface area contributed by atoms with Gasteiger partial charge in [0.1, 0.15) is 0 Å². The Balaban J connectivity index is 3.23. The Morgan fingerprint density at radius 1 is 0.882 bits per heavy atom. The Morgan fingerprint density at radius 3 is 1.94 bits per heavy atom. The van der Waals surface area contributed by atoms with Crippen molar-refractivity contribution in [2.75, 3.05) is 0 Å². The Labute approximate surface area is 102 Å². The summed E-state index contributed by atoms with van der Waals surface area (Å²) in [5.74, 6) is 0. The lowest BCUT2D eigenvalue weighted by Crippen LogP contribution is -2.27. The predicted octanol–water partition coefficient (Wildman–Crippen LogP) is 0.0731. The van der Waals surface area contributed by atoms with Gasteiger partial charge in [-0.05, 0) is 0 Å². The second-order valence-electron chi connectivity index (χ2n) is 2.42. The van der Waals surface area contributed by atoms with E-state index >= 15 is 0 Å². The Hall–Kier alpha value is -1.78. The number of rotatable bonds is 4. The van der Waals surface area contributed by atoms with Crippen LogP contribution in [0.4, 0.5) is 0 Å². The summed E-state index contributed by atoms with van der Waals surface area (Å²) in [5.41, 5.74) is 0. The minimum absolute atomic E-state index is 0.733. The molecule has 1 fully saturated rings. The lowest BCUT2D eigenvalue weighted by molar-refractivity contribution is 0.532. The second kappa shape index (κ2) is 6.08. The number of isocyanates is 4. The molecule has 2 unspecified atom stereocenters. The summed E-state index contributed by atoms with van der Waals surface area (Å²) in [6, 6.07) is 0. The summed E-state index contributed by atoms with van der Waals surface area (Å²) in [4.78, 5) is 52.6. The molecule has 10 heteroatoms. The fourth-order valence-electron chi connectivity index (χ4n) is 1.01. The molecule has 86 valence electrons. The van der Waals surface area contributed by atoms with Crippen molar-refractivity contribution in [2.45, 2.75) is 15.1 Å². The van der Waals surface area contributed by atoms with Crippen molar-refractivity contribution in [3.63, 3.8) is 0 Å². The quantitative estimate of drug-likeness (QED) is 0.527. The van der Waals surface area contributed by atoms with Crippen LogP contribution in [0.15, 0.2) is 20.0 Å². The van der Waals surface area contributed by atoms with Gasteiger partial charge in [-0.3, -0.25) is 0 Å². The van der Waals surface area contributed by atoms with Crippen molar-refractivity contribution in [1.82, 2.24) is 0 Å². The Morgan fingerprint density at radius 2 is 1.47 bits per heavy atom. The van der Waals surface area contributed by atoms with Gasteiger partial charge in [-0.15, -0.1) is 0 Å². The minimum Gasteiger partial charge on any atom is -0.211 e. The maximum Gasteiger partial charge on any atom is 0.255 e. The summed E-state index contributed by atoms with van der Waals surface area (Å²) < 4.78 is -0.733. The smallest absolute Gasteiger partial charge is 0.211 e. The molecule has 2 atom stereocenters. The van der Waals surface area contributed by atoms with Crippen LogP contribution >= 0.6 is 23.5 Å². The predicted molar refractivity (Wildman–Crippen MR) is 58.0 cm³/mol. The number of hydrogen-bond acceptors (Lipinski definition) is 10. The summed E-state index contributed by atoms with van der Waals surface area (Å²) >= 11 is 1.69. The summed E-state index contributed by atoms with van der Waals surface area (Å²) in [6.07, 6.45) is 5.02. The zero-order valence-electron chi connectivity index (χ0n) is 7.89. The van der Waals surface area contributed by atoms with E-state index < -0.39 is 15.1 Å². The van der Waals surface area contributed by atoms with Gasteiger partial charge in [0.25, 0.3) is 4.99 Å². The van der Waals surface area contributed by atoms with Gasteiger partial charge in [0.2, 0.25) is 24.3 Å². The maximum atomic E-state index is 10.3. The lowest BCUT2D eigenvalue weighted by Gasteiger charge is -2.16. The largest absolute Gasteiger partial charge is 0.255 e. The Bertz CT molecular complexity index is 480. The number of thioether (sulfide) groups is 2. The van der Waals surface area contributed by atoms with Crippen molar-refractivity contribution in [3.8, 4) is 0 Å². The average Bonchev–Trinajstić information content (AvgIpc) is 2.59. The van der Waals surface area contributed by atoms with Crippen LogP contribution in [0.5, 0.6) is 0 Å². The highest BCUT2D eigenvalue weighted by atomic mass is 32.2. The van der Waals surface area contributed by atoms with Crippen molar-refractivity contribution >= 4 is 47.8 Å². The molecule has 0 aromatic heterocycles. The standard InChI is InChI=1S/C7H2N4O4S2/c12-1-8-5-7(10-3-14,11-4-15)17-6(16-5)9-2-13/h5-6H. The highest BCUT2D eigenvalue weighted by Crippen LogP contribution is 2.53. The molecular weight excluding hydrogens is 268 g/mol. The van der Waals surface area contributed by atoms with Crippen LogP contribution < -0.4 is 0 Å². The molecule has 0 N–H and O–H groups in total. The van der Waals surface area contributed by atoms with E-state index in [1.165, 1.54) is 24.3 Å². The zero-order valence-corrected chi connectivity index (χ0v) is 9.53. The van der Waals surface area contributed by atoms with E-state index in [2.05, 4.69) is 20.0 Å². The van der Waals surface area contributed by atoms with E-state index in [0.29, 0.717) is 0 Å². The molecule has 0 spiro atoms. The van der Waals surface area contributed by atoms with E-state index in [4.69, 9.17) is 0 Å². The van der Waals surface area contributed by atoms with Crippen molar-refractivity contribution in [2.24, 2.45) is 20.0 Å². The minimum atomic E-state index is -1.68. The van der Waals surface area contributed by atoms with Gasteiger partial charge in [-0.2, -0.15) is 20.0 Å². The van der Waals surface area contributed by atoms with Crippen molar-refractivity contribution < 1.29 is 19.2 Å². The fourth-order valence-corrected chi connectivity index (χ4v) is 3.76. The molecule has 0 bridgehead atoms.